The molecule has 0 spiro atoms. The molecule has 130 valence electrons. The summed E-state index contributed by atoms with van der Waals surface area (Å²) in [6, 6.07) is 7.93. The number of benzene rings is 1. The van der Waals surface area contributed by atoms with Crippen molar-refractivity contribution >= 4 is 17.7 Å². The van der Waals surface area contributed by atoms with Gasteiger partial charge in [0.2, 0.25) is 5.91 Å². The van der Waals surface area contributed by atoms with Crippen LogP contribution in [0, 0.1) is 0 Å². The molecule has 0 atom stereocenters. The first-order chi connectivity index (χ1) is 11.7. The van der Waals surface area contributed by atoms with Crippen LogP contribution in [0.1, 0.15) is 19.4 Å². The van der Waals surface area contributed by atoms with E-state index < -0.39 is 0 Å². The van der Waals surface area contributed by atoms with E-state index in [0.29, 0.717) is 12.3 Å². The molecule has 0 aliphatic heterocycles. The maximum Gasteiger partial charge on any atom is 0.230 e. The topological polar surface area (TPSA) is 58.4 Å². The summed E-state index contributed by atoms with van der Waals surface area (Å²) in [7, 11) is 0. The van der Waals surface area contributed by atoms with Crippen LogP contribution in [-0.2, 0) is 11.3 Å². The summed E-state index contributed by atoms with van der Waals surface area (Å²) in [4.78, 5) is 18.2. The van der Waals surface area contributed by atoms with Crippen molar-refractivity contribution in [1.82, 2.24) is 15.2 Å². The SMILES string of the molecule is CCN(CC)CCSCC(=O)NCc1ccc(-c2cnco2)cc1. The Bertz CT molecular complexity index is 595. The van der Waals surface area contributed by atoms with E-state index in [1.54, 1.807) is 18.0 Å². The van der Waals surface area contributed by atoms with Gasteiger partial charge in [0.05, 0.1) is 11.9 Å². The standard InChI is InChI=1S/C18H25N3O2S/c1-3-21(4-2)9-10-24-13-18(22)20-11-15-5-7-16(8-6-15)17-12-19-14-23-17/h5-8,12,14H,3-4,9-11,13H2,1-2H3,(H,20,22). The molecule has 1 aromatic heterocycles. The fourth-order valence-corrected chi connectivity index (χ4v) is 3.11. The van der Waals surface area contributed by atoms with E-state index in [0.717, 1.165) is 42.3 Å². The minimum atomic E-state index is 0.0823. The molecule has 2 aromatic rings. The van der Waals surface area contributed by atoms with Gasteiger partial charge < -0.3 is 14.6 Å². The Labute approximate surface area is 147 Å². The highest BCUT2D eigenvalue weighted by molar-refractivity contribution is 7.99. The van der Waals surface area contributed by atoms with E-state index in [4.69, 9.17) is 4.42 Å². The fraction of sp³-hybridized carbons (Fsp3) is 0.444. The Morgan fingerprint density at radius 1 is 1.25 bits per heavy atom. The molecule has 0 saturated carbocycles. The van der Waals surface area contributed by atoms with E-state index >= 15 is 0 Å². The predicted molar refractivity (Wildman–Crippen MR) is 98.9 cm³/mol. The van der Waals surface area contributed by atoms with Gasteiger partial charge in [-0.2, -0.15) is 11.8 Å². The number of hydrogen-bond acceptors (Lipinski definition) is 5. The van der Waals surface area contributed by atoms with Gasteiger partial charge in [-0.1, -0.05) is 38.1 Å². The maximum atomic E-state index is 11.9. The number of carbonyl (C=O) groups is 1. The minimum absolute atomic E-state index is 0.0823. The van der Waals surface area contributed by atoms with Crippen molar-refractivity contribution in [3.63, 3.8) is 0 Å². The third kappa shape index (κ3) is 6.02. The molecule has 5 nitrogen and oxygen atoms in total. The van der Waals surface area contributed by atoms with Crippen molar-refractivity contribution in [2.24, 2.45) is 0 Å². The van der Waals surface area contributed by atoms with Gasteiger partial charge in [0.25, 0.3) is 0 Å². The molecule has 0 bridgehead atoms. The second-order valence-corrected chi connectivity index (χ2v) is 6.52. The summed E-state index contributed by atoms with van der Waals surface area (Å²) in [6.07, 6.45) is 3.10. The molecule has 1 amide bonds. The van der Waals surface area contributed by atoms with E-state index in [1.807, 2.05) is 24.3 Å². The molecule has 1 aromatic carbocycles. The van der Waals surface area contributed by atoms with Crippen molar-refractivity contribution in [2.75, 3.05) is 31.1 Å². The van der Waals surface area contributed by atoms with Gasteiger partial charge in [0.15, 0.2) is 12.2 Å². The molecule has 0 fully saturated rings. The number of amides is 1. The Morgan fingerprint density at radius 3 is 2.62 bits per heavy atom. The fourth-order valence-electron chi connectivity index (χ4n) is 2.30. The monoisotopic (exact) mass is 347 g/mol. The van der Waals surface area contributed by atoms with Crippen molar-refractivity contribution in [3.05, 3.63) is 42.4 Å². The first-order valence-electron chi connectivity index (χ1n) is 8.27. The summed E-state index contributed by atoms with van der Waals surface area (Å²) >= 11 is 1.68. The van der Waals surface area contributed by atoms with Crippen LogP contribution in [0.4, 0.5) is 0 Å². The third-order valence-electron chi connectivity index (χ3n) is 3.84. The lowest BCUT2D eigenvalue weighted by atomic mass is 10.1. The van der Waals surface area contributed by atoms with Gasteiger partial charge >= 0.3 is 0 Å². The predicted octanol–water partition coefficient (Wildman–Crippen LogP) is 3.03. The zero-order valence-corrected chi connectivity index (χ0v) is 15.1. The molecule has 0 aliphatic carbocycles. The van der Waals surface area contributed by atoms with Crippen LogP contribution >= 0.6 is 11.8 Å². The van der Waals surface area contributed by atoms with Crippen LogP contribution < -0.4 is 5.32 Å². The van der Waals surface area contributed by atoms with Crippen LogP contribution in [0.2, 0.25) is 0 Å². The number of nitrogens with zero attached hydrogens (tertiary/aromatic N) is 2. The molecule has 0 aliphatic rings. The molecule has 0 saturated heterocycles. The highest BCUT2D eigenvalue weighted by Gasteiger charge is 2.05. The highest BCUT2D eigenvalue weighted by Crippen LogP contribution is 2.18. The van der Waals surface area contributed by atoms with Crippen LogP contribution in [0.5, 0.6) is 0 Å². The number of aromatic nitrogens is 1. The number of hydrogen-bond donors (Lipinski definition) is 1. The van der Waals surface area contributed by atoms with E-state index in [2.05, 4.69) is 29.0 Å². The maximum absolute atomic E-state index is 11.9. The van der Waals surface area contributed by atoms with Crippen LogP contribution in [0.15, 0.2) is 41.3 Å². The third-order valence-corrected chi connectivity index (χ3v) is 4.78. The van der Waals surface area contributed by atoms with Gasteiger partial charge in [-0.05, 0) is 18.7 Å². The Kier molecular flexibility index (Phi) is 7.85. The Balaban J connectivity index is 1.66. The van der Waals surface area contributed by atoms with Crippen LogP contribution in [-0.4, -0.2) is 46.9 Å². The molecule has 1 heterocycles. The summed E-state index contributed by atoms with van der Waals surface area (Å²) in [5.41, 5.74) is 2.05. The largest absolute Gasteiger partial charge is 0.444 e. The second-order valence-electron chi connectivity index (χ2n) is 5.42. The summed E-state index contributed by atoms with van der Waals surface area (Å²) < 4.78 is 5.26. The average Bonchev–Trinajstić information content (AvgIpc) is 3.15. The van der Waals surface area contributed by atoms with Crippen molar-refractivity contribution < 1.29 is 9.21 Å². The average molecular weight is 347 g/mol. The number of oxazole rings is 1. The highest BCUT2D eigenvalue weighted by atomic mass is 32.2. The molecular weight excluding hydrogens is 322 g/mol. The molecule has 2 rings (SSSR count). The van der Waals surface area contributed by atoms with Gasteiger partial charge in [-0.15, -0.1) is 0 Å². The number of carbonyl (C=O) groups excluding carboxylic acids is 1. The van der Waals surface area contributed by atoms with Gasteiger partial charge in [0, 0.05) is 24.4 Å². The number of nitrogens with one attached hydrogen (secondary N) is 1. The number of rotatable bonds is 10. The smallest absolute Gasteiger partial charge is 0.230 e. The second kappa shape index (κ2) is 10.2. The van der Waals surface area contributed by atoms with E-state index in [9.17, 15) is 4.79 Å². The normalized spacial score (nSPS) is 11.0. The molecule has 24 heavy (non-hydrogen) atoms. The molecule has 6 heteroatoms. The quantitative estimate of drug-likeness (QED) is 0.670. The summed E-state index contributed by atoms with van der Waals surface area (Å²) in [5, 5.41) is 2.96. The van der Waals surface area contributed by atoms with E-state index in [-0.39, 0.29) is 5.91 Å². The Hall–Kier alpha value is -1.79. The summed E-state index contributed by atoms with van der Waals surface area (Å²) in [6.45, 7) is 8.03. The lowest BCUT2D eigenvalue weighted by Crippen LogP contribution is -2.27. The number of thioether (sulfide) groups is 1. The molecular formula is C18H25N3O2S. The Morgan fingerprint density at radius 2 is 2.00 bits per heavy atom. The molecule has 1 N–H and O–H groups in total. The first-order valence-corrected chi connectivity index (χ1v) is 9.43. The van der Waals surface area contributed by atoms with E-state index in [1.165, 1.54) is 6.39 Å². The van der Waals surface area contributed by atoms with Gasteiger partial charge in [-0.3, -0.25) is 4.79 Å². The zero-order valence-electron chi connectivity index (χ0n) is 14.3. The van der Waals surface area contributed by atoms with Crippen molar-refractivity contribution in [2.45, 2.75) is 20.4 Å². The van der Waals surface area contributed by atoms with Gasteiger partial charge in [0.1, 0.15) is 0 Å². The molecule has 0 unspecified atom stereocenters. The lowest BCUT2D eigenvalue weighted by molar-refractivity contribution is -0.118. The molecule has 0 radical (unpaired) electrons. The van der Waals surface area contributed by atoms with Crippen LogP contribution in [0.3, 0.4) is 0 Å². The minimum Gasteiger partial charge on any atom is -0.444 e. The zero-order chi connectivity index (χ0) is 17.2. The van der Waals surface area contributed by atoms with Gasteiger partial charge in [-0.25, -0.2) is 4.98 Å². The van der Waals surface area contributed by atoms with Crippen LogP contribution in [0.25, 0.3) is 11.3 Å². The first kappa shape index (κ1) is 18.5. The summed E-state index contributed by atoms with van der Waals surface area (Å²) in [5.74, 6) is 2.33. The van der Waals surface area contributed by atoms with Crippen molar-refractivity contribution in [1.29, 1.82) is 0 Å². The van der Waals surface area contributed by atoms with Crippen molar-refractivity contribution in [3.8, 4) is 11.3 Å². The lowest BCUT2D eigenvalue weighted by Gasteiger charge is -2.17.